The molecule has 25 heavy (non-hydrogen) atoms. The van der Waals surface area contributed by atoms with Crippen LogP contribution in [0, 0.1) is 0 Å². The van der Waals surface area contributed by atoms with E-state index in [1.807, 2.05) is 6.26 Å². The van der Waals surface area contributed by atoms with Crippen molar-refractivity contribution in [2.75, 3.05) is 12.2 Å². The number of ketones is 1. The average Bonchev–Trinajstić information content (AvgIpc) is 2.98. The van der Waals surface area contributed by atoms with Crippen LogP contribution in [0.3, 0.4) is 0 Å². The Balaban J connectivity index is 2.00. The number of carbonyl (C=O) groups excluding carboxylic acids is 1. The second kappa shape index (κ2) is 7.61. The lowest BCUT2D eigenvalue weighted by molar-refractivity contribution is -0.127. The van der Waals surface area contributed by atoms with E-state index in [1.54, 1.807) is 11.8 Å². The molecule has 2 atom stereocenters. The Labute approximate surface area is 155 Å². The highest BCUT2D eigenvalue weighted by Gasteiger charge is 2.44. The third kappa shape index (κ3) is 3.69. The quantitative estimate of drug-likeness (QED) is 0.604. The zero-order valence-corrected chi connectivity index (χ0v) is 16.7. The predicted octanol–water partition coefficient (Wildman–Crippen LogP) is 5.45. The summed E-state index contributed by atoms with van der Waals surface area (Å²) in [6.07, 6.45) is 7.88. The van der Waals surface area contributed by atoms with Gasteiger partial charge in [-0.25, -0.2) is 0 Å². The molecule has 2 aliphatic rings. The van der Waals surface area contributed by atoms with Gasteiger partial charge in [0.1, 0.15) is 17.4 Å². The molecule has 3 rings (SSSR count). The lowest BCUT2D eigenvalue weighted by atomic mass is 9.77. The molecule has 0 amide bonds. The summed E-state index contributed by atoms with van der Waals surface area (Å²) in [5.41, 5.74) is 2.45. The van der Waals surface area contributed by atoms with E-state index in [0.717, 1.165) is 36.3 Å². The third-order valence-electron chi connectivity index (χ3n) is 5.62. The van der Waals surface area contributed by atoms with Crippen molar-refractivity contribution in [3.05, 3.63) is 23.3 Å². The molecule has 3 nitrogen and oxygen atoms in total. The molecule has 1 aliphatic heterocycles. The van der Waals surface area contributed by atoms with Crippen LogP contribution in [0.4, 0.5) is 0 Å². The number of hydrogen-bond acceptors (Lipinski definition) is 4. The van der Waals surface area contributed by atoms with Gasteiger partial charge in [0.15, 0.2) is 11.9 Å². The van der Waals surface area contributed by atoms with Crippen molar-refractivity contribution in [2.45, 2.75) is 76.7 Å². The van der Waals surface area contributed by atoms with E-state index in [9.17, 15) is 4.79 Å². The molecule has 1 aromatic rings. The van der Waals surface area contributed by atoms with Gasteiger partial charge in [-0.1, -0.05) is 33.6 Å². The van der Waals surface area contributed by atoms with Crippen LogP contribution in [0.2, 0.25) is 0 Å². The Morgan fingerprint density at radius 2 is 2.16 bits per heavy atom. The summed E-state index contributed by atoms with van der Waals surface area (Å²) in [5, 5.41) is 0. The molecule has 0 saturated heterocycles. The summed E-state index contributed by atoms with van der Waals surface area (Å²) in [6, 6.07) is 4.37. The Morgan fingerprint density at radius 1 is 1.36 bits per heavy atom. The highest BCUT2D eigenvalue weighted by Crippen LogP contribution is 2.50. The lowest BCUT2D eigenvalue weighted by Crippen LogP contribution is -2.32. The van der Waals surface area contributed by atoms with Crippen LogP contribution in [0.15, 0.2) is 12.1 Å². The maximum Gasteiger partial charge on any atom is 0.173 e. The molecule has 0 spiro atoms. The Hall–Kier alpha value is -1.16. The van der Waals surface area contributed by atoms with Gasteiger partial charge in [-0.3, -0.25) is 4.79 Å². The number of rotatable bonds is 7. The molecule has 1 aromatic carbocycles. The molecule has 0 bridgehead atoms. The van der Waals surface area contributed by atoms with Crippen LogP contribution in [0.1, 0.15) is 76.3 Å². The van der Waals surface area contributed by atoms with Crippen molar-refractivity contribution in [1.29, 1.82) is 0 Å². The minimum Gasteiger partial charge on any atom is -0.483 e. The van der Waals surface area contributed by atoms with E-state index < -0.39 is 0 Å². The molecular formula is C21H30O3S. The molecule has 0 N–H and O–H groups in total. The van der Waals surface area contributed by atoms with E-state index in [-0.39, 0.29) is 23.2 Å². The maximum atomic E-state index is 12.3. The molecular weight excluding hydrogens is 332 g/mol. The van der Waals surface area contributed by atoms with E-state index >= 15 is 0 Å². The summed E-state index contributed by atoms with van der Waals surface area (Å²) in [5.74, 6) is 2.84. The molecule has 0 aromatic heterocycles. The fraction of sp³-hybridized carbons (Fsp3) is 0.667. The molecule has 4 heteroatoms. The molecule has 0 radical (unpaired) electrons. The van der Waals surface area contributed by atoms with Gasteiger partial charge in [-0.05, 0) is 48.6 Å². The standard InChI is InChI=1S/C21H30O3S/c1-5-6-10-21(2,3)14-11-17(23-13-25-4)19-15-8-7-9-16(22)20(15)24-18(19)12-14/h11-12,15,20H,5-10,13H2,1-4H3. The minimum absolute atomic E-state index is 0.0731. The van der Waals surface area contributed by atoms with Crippen LogP contribution in [0.25, 0.3) is 0 Å². The molecule has 1 aliphatic carbocycles. The van der Waals surface area contributed by atoms with E-state index in [2.05, 4.69) is 32.9 Å². The highest BCUT2D eigenvalue weighted by atomic mass is 32.2. The molecule has 2 unspecified atom stereocenters. The zero-order chi connectivity index (χ0) is 18.0. The Bertz CT molecular complexity index is 638. The van der Waals surface area contributed by atoms with E-state index in [4.69, 9.17) is 9.47 Å². The van der Waals surface area contributed by atoms with Gasteiger partial charge in [0.05, 0.1) is 0 Å². The van der Waals surface area contributed by atoms with Gasteiger partial charge < -0.3 is 9.47 Å². The number of hydrogen-bond donors (Lipinski definition) is 0. The van der Waals surface area contributed by atoms with Crippen molar-refractivity contribution in [3.8, 4) is 11.5 Å². The molecule has 1 fully saturated rings. The van der Waals surface area contributed by atoms with Crippen LogP contribution in [-0.4, -0.2) is 24.1 Å². The number of fused-ring (bicyclic) bond motifs is 3. The second-order valence-electron chi connectivity index (χ2n) is 7.93. The summed E-state index contributed by atoms with van der Waals surface area (Å²) in [4.78, 5) is 12.3. The summed E-state index contributed by atoms with van der Waals surface area (Å²) < 4.78 is 12.2. The van der Waals surface area contributed by atoms with Crippen molar-refractivity contribution in [2.24, 2.45) is 0 Å². The van der Waals surface area contributed by atoms with Gasteiger partial charge >= 0.3 is 0 Å². The van der Waals surface area contributed by atoms with Gasteiger partial charge in [-0.2, -0.15) is 0 Å². The Morgan fingerprint density at radius 3 is 2.88 bits per heavy atom. The monoisotopic (exact) mass is 362 g/mol. The van der Waals surface area contributed by atoms with E-state index in [1.165, 1.54) is 18.4 Å². The minimum atomic E-state index is -0.297. The van der Waals surface area contributed by atoms with E-state index in [0.29, 0.717) is 12.4 Å². The first-order chi connectivity index (χ1) is 12.0. The summed E-state index contributed by atoms with van der Waals surface area (Å²) in [7, 11) is 0. The first-order valence-corrected chi connectivity index (χ1v) is 10.9. The summed E-state index contributed by atoms with van der Waals surface area (Å²) >= 11 is 1.67. The van der Waals surface area contributed by atoms with Crippen molar-refractivity contribution < 1.29 is 14.3 Å². The molecule has 138 valence electrons. The SMILES string of the molecule is CCCCC(C)(C)c1cc(OCSC)c2c(c1)OC1C(=O)CCCC21. The number of carbonyl (C=O) groups is 1. The Kier molecular flexibility index (Phi) is 5.67. The van der Waals surface area contributed by atoms with Crippen LogP contribution in [0.5, 0.6) is 11.5 Å². The van der Waals surface area contributed by atoms with Gasteiger partial charge in [0.25, 0.3) is 0 Å². The number of ether oxygens (including phenoxy) is 2. The number of Topliss-reactive ketones (excluding diaryl/α,β-unsaturated/α-hetero) is 1. The number of benzene rings is 1. The smallest absolute Gasteiger partial charge is 0.173 e. The summed E-state index contributed by atoms with van der Waals surface area (Å²) in [6.45, 7) is 6.80. The highest BCUT2D eigenvalue weighted by molar-refractivity contribution is 7.98. The largest absolute Gasteiger partial charge is 0.483 e. The van der Waals surface area contributed by atoms with Crippen molar-refractivity contribution >= 4 is 17.5 Å². The van der Waals surface area contributed by atoms with Gasteiger partial charge in [0, 0.05) is 17.9 Å². The molecule has 1 heterocycles. The third-order valence-corrected chi connectivity index (χ3v) is 5.97. The number of thioether (sulfide) groups is 1. The zero-order valence-electron chi connectivity index (χ0n) is 15.9. The lowest BCUT2D eigenvalue weighted by Gasteiger charge is -2.27. The fourth-order valence-corrected chi connectivity index (χ4v) is 4.30. The first-order valence-electron chi connectivity index (χ1n) is 9.47. The topological polar surface area (TPSA) is 35.5 Å². The average molecular weight is 363 g/mol. The molecule has 1 saturated carbocycles. The van der Waals surface area contributed by atoms with Crippen LogP contribution in [-0.2, 0) is 10.2 Å². The number of unbranched alkanes of at least 4 members (excludes halogenated alkanes) is 1. The van der Waals surface area contributed by atoms with Crippen LogP contribution < -0.4 is 9.47 Å². The van der Waals surface area contributed by atoms with Gasteiger partial charge in [0.2, 0.25) is 0 Å². The van der Waals surface area contributed by atoms with Crippen molar-refractivity contribution in [1.82, 2.24) is 0 Å². The maximum absolute atomic E-state index is 12.3. The predicted molar refractivity (Wildman–Crippen MR) is 104 cm³/mol. The van der Waals surface area contributed by atoms with Gasteiger partial charge in [-0.15, -0.1) is 11.8 Å². The van der Waals surface area contributed by atoms with Crippen LogP contribution >= 0.6 is 11.8 Å². The second-order valence-corrected chi connectivity index (χ2v) is 8.74. The normalized spacial score (nSPS) is 22.3. The first kappa shape index (κ1) is 18.6. The fourth-order valence-electron chi connectivity index (χ4n) is 4.05. The van der Waals surface area contributed by atoms with Crippen molar-refractivity contribution in [3.63, 3.8) is 0 Å².